The largest absolute Gasteiger partial charge is 0.493 e. The third kappa shape index (κ3) is 4.75. The number of amides is 1. The number of halogens is 2. The molecule has 3 rings (SSSR count). The Kier molecular flexibility index (Phi) is 6.09. The lowest BCUT2D eigenvalue weighted by Crippen LogP contribution is -2.11. The Labute approximate surface area is 162 Å². The molecule has 0 bridgehead atoms. The summed E-state index contributed by atoms with van der Waals surface area (Å²) in [6.07, 6.45) is 3.23. The number of rotatable bonds is 5. The predicted molar refractivity (Wildman–Crippen MR) is 105 cm³/mol. The molecule has 0 saturated carbocycles. The predicted octanol–water partition coefficient (Wildman–Crippen LogP) is 4.53. The lowest BCUT2D eigenvalue weighted by atomic mass is 9.97. The number of fused-ring (bicyclic) bond motifs is 1. The quantitative estimate of drug-likeness (QED) is 0.741. The standard InChI is InChI=1S/C22H23F2NO3/c1-22(23,24)17-8-9-18-16(6-4-12-28-20(18)14-17)13-21(27)25-19-7-3-2-5-15(19)10-11-26/h2-3,5,7-9,13-14,26H,4,6,10-12H2,1H3,(H,25,27)/b16-13+. The molecule has 1 aliphatic heterocycles. The molecule has 1 amide bonds. The van der Waals surface area contributed by atoms with E-state index in [4.69, 9.17) is 9.84 Å². The van der Waals surface area contributed by atoms with Gasteiger partial charge in [0.15, 0.2) is 0 Å². The van der Waals surface area contributed by atoms with Crippen LogP contribution in [0, 0.1) is 0 Å². The Morgan fingerprint density at radius 3 is 2.82 bits per heavy atom. The number of carbonyl (C=O) groups is 1. The maximum absolute atomic E-state index is 13.6. The number of nitrogens with one attached hydrogen (secondary N) is 1. The summed E-state index contributed by atoms with van der Waals surface area (Å²) in [7, 11) is 0. The normalized spacial score (nSPS) is 15.5. The number of benzene rings is 2. The number of aliphatic hydroxyl groups is 1. The van der Waals surface area contributed by atoms with E-state index in [1.807, 2.05) is 18.2 Å². The van der Waals surface area contributed by atoms with E-state index >= 15 is 0 Å². The lowest BCUT2D eigenvalue weighted by Gasteiger charge is -2.15. The molecule has 1 aliphatic rings. The molecule has 28 heavy (non-hydrogen) atoms. The van der Waals surface area contributed by atoms with Crippen molar-refractivity contribution in [2.75, 3.05) is 18.5 Å². The molecule has 0 unspecified atom stereocenters. The fourth-order valence-corrected chi connectivity index (χ4v) is 3.22. The smallest absolute Gasteiger partial charge is 0.270 e. The molecule has 2 N–H and O–H groups in total. The van der Waals surface area contributed by atoms with Crippen LogP contribution in [0.15, 0.2) is 48.5 Å². The van der Waals surface area contributed by atoms with Gasteiger partial charge in [0.25, 0.3) is 5.92 Å². The Morgan fingerprint density at radius 2 is 2.07 bits per heavy atom. The number of allylic oxidation sites excluding steroid dienone is 1. The van der Waals surface area contributed by atoms with Gasteiger partial charge in [0.2, 0.25) is 5.91 Å². The highest BCUT2D eigenvalue weighted by molar-refractivity contribution is 6.04. The van der Waals surface area contributed by atoms with Crippen molar-refractivity contribution in [2.45, 2.75) is 32.1 Å². The molecule has 148 valence electrons. The average molecular weight is 387 g/mol. The molecule has 1 heterocycles. The van der Waals surface area contributed by atoms with E-state index in [-0.39, 0.29) is 18.1 Å². The summed E-state index contributed by atoms with van der Waals surface area (Å²) in [5, 5.41) is 12.0. The molecule has 0 fully saturated rings. The second kappa shape index (κ2) is 8.52. The van der Waals surface area contributed by atoms with Gasteiger partial charge in [0, 0.05) is 36.4 Å². The zero-order valence-corrected chi connectivity index (χ0v) is 15.7. The Balaban J connectivity index is 1.87. The number of alkyl halides is 2. The first-order valence-corrected chi connectivity index (χ1v) is 9.24. The zero-order chi connectivity index (χ0) is 20.1. The summed E-state index contributed by atoms with van der Waals surface area (Å²) in [5.74, 6) is -2.89. The van der Waals surface area contributed by atoms with E-state index in [0.717, 1.165) is 18.1 Å². The van der Waals surface area contributed by atoms with Crippen LogP contribution < -0.4 is 10.1 Å². The van der Waals surface area contributed by atoms with Crippen LogP contribution in [0.3, 0.4) is 0 Å². The van der Waals surface area contributed by atoms with E-state index in [0.29, 0.717) is 42.9 Å². The Hall–Kier alpha value is -2.73. The van der Waals surface area contributed by atoms with Gasteiger partial charge in [-0.05, 0) is 42.5 Å². The van der Waals surface area contributed by atoms with Crippen molar-refractivity contribution in [3.63, 3.8) is 0 Å². The minimum absolute atomic E-state index is 0.0108. The molecular formula is C22H23F2NO3. The Morgan fingerprint density at radius 1 is 1.29 bits per heavy atom. The molecule has 0 radical (unpaired) electrons. The molecule has 0 atom stereocenters. The maximum atomic E-state index is 13.6. The van der Waals surface area contributed by atoms with E-state index < -0.39 is 5.92 Å². The second-order valence-corrected chi connectivity index (χ2v) is 6.84. The van der Waals surface area contributed by atoms with Crippen LogP contribution in [0.5, 0.6) is 5.75 Å². The third-order valence-electron chi connectivity index (χ3n) is 4.64. The highest BCUT2D eigenvalue weighted by Crippen LogP contribution is 2.37. The van der Waals surface area contributed by atoms with Gasteiger partial charge in [-0.15, -0.1) is 0 Å². The van der Waals surface area contributed by atoms with Gasteiger partial charge in [0.05, 0.1) is 6.61 Å². The lowest BCUT2D eigenvalue weighted by molar-refractivity contribution is -0.111. The number of aliphatic hydroxyl groups excluding tert-OH is 1. The van der Waals surface area contributed by atoms with Crippen LogP contribution in [-0.2, 0) is 17.1 Å². The first kappa shape index (κ1) is 20.0. The molecule has 6 heteroatoms. The molecule has 0 aliphatic carbocycles. The first-order chi connectivity index (χ1) is 13.4. The van der Waals surface area contributed by atoms with Gasteiger partial charge in [-0.25, -0.2) is 8.78 Å². The molecule has 0 aromatic heterocycles. The van der Waals surface area contributed by atoms with Gasteiger partial charge in [0.1, 0.15) is 5.75 Å². The van der Waals surface area contributed by atoms with Crippen LogP contribution in [-0.4, -0.2) is 24.2 Å². The molecule has 4 nitrogen and oxygen atoms in total. The van der Waals surface area contributed by atoms with E-state index in [1.54, 1.807) is 12.1 Å². The van der Waals surface area contributed by atoms with Crippen molar-refractivity contribution < 1.29 is 23.4 Å². The number of ether oxygens (including phenoxy) is 1. The summed E-state index contributed by atoms with van der Waals surface area (Å²) in [6, 6.07) is 11.6. The minimum Gasteiger partial charge on any atom is -0.493 e. The number of para-hydroxylation sites is 1. The fraction of sp³-hybridized carbons (Fsp3) is 0.318. The van der Waals surface area contributed by atoms with Crippen molar-refractivity contribution in [1.29, 1.82) is 0 Å². The van der Waals surface area contributed by atoms with Crippen LogP contribution in [0.4, 0.5) is 14.5 Å². The van der Waals surface area contributed by atoms with E-state index in [1.165, 1.54) is 18.2 Å². The minimum atomic E-state index is -2.96. The van der Waals surface area contributed by atoms with Gasteiger partial charge in [-0.1, -0.05) is 30.3 Å². The van der Waals surface area contributed by atoms with Crippen LogP contribution in [0.2, 0.25) is 0 Å². The zero-order valence-electron chi connectivity index (χ0n) is 15.7. The SMILES string of the molecule is CC(F)(F)c1ccc2c(c1)OCCC/C2=C\C(=O)Nc1ccccc1CCO. The molecule has 0 saturated heterocycles. The van der Waals surface area contributed by atoms with Crippen LogP contribution in [0.25, 0.3) is 5.57 Å². The first-order valence-electron chi connectivity index (χ1n) is 9.24. The third-order valence-corrected chi connectivity index (χ3v) is 4.64. The summed E-state index contributed by atoms with van der Waals surface area (Å²) in [5.41, 5.74) is 2.77. The summed E-state index contributed by atoms with van der Waals surface area (Å²) >= 11 is 0. The van der Waals surface area contributed by atoms with Crippen molar-refractivity contribution in [3.8, 4) is 5.75 Å². The maximum Gasteiger partial charge on any atom is 0.270 e. The number of anilines is 1. The van der Waals surface area contributed by atoms with Gasteiger partial charge < -0.3 is 15.2 Å². The van der Waals surface area contributed by atoms with Crippen LogP contribution in [0.1, 0.15) is 36.5 Å². The van der Waals surface area contributed by atoms with Crippen LogP contribution >= 0.6 is 0 Å². The van der Waals surface area contributed by atoms with Gasteiger partial charge >= 0.3 is 0 Å². The van der Waals surface area contributed by atoms with Crippen molar-refractivity contribution in [3.05, 3.63) is 65.2 Å². The molecule has 0 spiro atoms. The van der Waals surface area contributed by atoms with E-state index in [9.17, 15) is 13.6 Å². The highest BCUT2D eigenvalue weighted by atomic mass is 19.3. The van der Waals surface area contributed by atoms with Crippen molar-refractivity contribution >= 4 is 17.2 Å². The van der Waals surface area contributed by atoms with Gasteiger partial charge in [-0.2, -0.15) is 0 Å². The number of hydrogen-bond acceptors (Lipinski definition) is 3. The molecular weight excluding hydrogens is 364 g/mol. The number of hydrogen-bond donors (Lipinski definition) is 2. The fourth-order valence-electron chi connectivity index (χ4n) is 3.22. The van der Waals surface area contributed by atoms with Gasteiger partial charge in [-0.3, -0.25) is 4.79 Å². The number of carbonyl (C=O) groups excluding carboxylic acids is 1. The summed E-state index contributed by atoms with van der Waals surface area (Å²) < 4.78 is 32.9. The monoisotopic (exact) mass is 387 g/mol. The molecule has 2 aromatic rings. The van der Waals surface area contributed by atoms with E-state index in [2.05, 4.69) is 5.32 Å². The molecule has 2 aromatic carbocycles. The topological polar surface area (TPSA) is 58.6 Å². The summed E-state index contributed by atoms with van der Waals surface area (Å²) in [4.78, 5) is 12.6. The van der Waals surface area contributed by atoms with Crippen molar-refractivity contribution in [2.24, 2.45) is 0 Å². The summed E-state index contributed by atoms with van der Waals surface area (Å²) in [6.45, 7) is 1.24. The average Bonchev–Trinajstić information content (AvgIpc) is 2.84. The highest BCUT2D eigenvalue weighted by Gasteiger charge is 2.26. The second-order valence-electron chi connectivity index (χ2n) is 6.84. The Bertz CT molecular complexity index is 888. The van der Waals surface area contributed by atoms with Crippen molar-refractivity contribution in [1.82, 2.24) is 0 Å².